The number of halogens is 1. The SMILES string of the molecule is O=C(Cn1c(COc2ccccc2)nc2ccccc21)Nc1ccccc1Cl. The summed E-state index contributed by atoms with van der Waals surface area (Å²) >= 11 is 6.14. The van der Waals surface area contributed by atoms with E-state index in [0.717, 1.165) is 16.8 Å². The highest BCUT2D eigenvalue weighted by atomic mass is 35.5. The van der Waals surface area contributed by atoms with Gasteiger partial charge in [0, 0.05) is 0 Å². The quantitative estimate of drug-likeness (QED) is 0.508. The van der Waals surface area contributed by atoms with Gasteiger partial charge in [-0.1, -0.05) is 54.1 Å². The largest absolute Gasteiger partial charge is 0.486 e. The first kappa shape index (κ1) is 18.1. The molecule has 4 rings (SSSR count). The molecule has 0 saturated carbocycles. The maximum atomic E-state index is 12.6. The zero-order valence-corrected chi connectivity index (χ0v) is 15.8. The predicted molar refractivity (Wildman–Crippen MR) is 111 cm³/mol. The third-order valence-corrected chi connectivity index (χ3v) is 4.62. The first-order chi connectivity index (χ1) is 13.7. The number of nitrogens with zero attached hydrogens (tertiary/aromatic N) is 2. The molecule has 1 aromatic heterocycles. The molecule has 0 fully saturated rings. The molecule has 1 amide bonds. The number of anilines is 1. The lowest BCUT2D eigenvalue weighted by Crippen LogP contribution is -2.21. The predicted octanol–water partition coefficient (Wildman–Crippen LogP) is 4.91. The molecule has 0 bridgehead atoms. The number of carbonyl (C=O) groups excluding carboxylic acids is 1. The molecule has 0 radical (unpaired) electrons. The van der Waals surface area contributed by atoms with Crippen molar-refractivity contribution < 1.29 is 9.53 Å². The van der Waals surface area contributed by atoms with E-state index in [1.165, 1.54) is 0 Å². The second-order valence-electron chi connectivity index (χ2n) is 6.23. The Morgan fingerprint density at radius 2 is 1.68 bits per heavy atom. The molecular formula is C22H18ClN3O2. The van der Waals surface area contributed by atoms with Gasteiger partial charge >= 0.3 is 0 Å². The van der Waals surface area contributed by atoms with Crippen molar-refractivity contribution in [3.05, 3.63) is 89.7 Å². The van der Waals surface area contributed by atoms with Crippen LogP contribution in [0.4, 0.5) is 5.69 Å². The van der Waals surface area contributed by atoms with Gasteiger partial charge in [-0.25, -0.2) is 4.98 Å². The van der Waals surface area contributed by atoms with E-state index in [4.69, 9.17) is 16.3 Å². The highest BCUT2D eigenvalue weighted by Crippen LogP contribution is 2.22. The van der Waals surface area contributed by atoms with Crippen LogP contribution in [0, 0.1) is 0 Å². The molecule has 0 aliphatic rings. The Labute approximate surface area is 167 Å². The number of imidazole rings is 1. The van der Waals surface area contributed by atoms with Gasteiger partial charge in [0.1, 0.15) is 24.7 Å². The van der Waals surface area contributed by atoms with E-state index in [9.17, 15) is 4.79 Å². The Kier molecular flexibility index (Phi) is 5.26. The summed E-state index contributed by atoms with van der Waals surface area (Å²) in [4.78, 5) is 17.3. The van der Waals surface area contributed by atoms with Crippen molar-refractivity contribution in [1.82, 2.24) is 9.55 Å². The van der Waals surface area contributed by atoms with Crippen molar-refractivity contribution in [2.45, 2.75) is 13.2 Å². The van der Waals surface area contributed by atoms with Crippen LogP contribution in [0.1, 0.15) is 5.82 Å². The maximum Gasteiger partial charge on any atom is 0.244 e. The number of para-hydroxylation sites is 4. The molecular weight excluding hydrogens is 374 g/mol. The third-order valence-electron chi connectivity index (χ3n) is 4.29. The van der Waals surface area contributed by atoms with Gasteiger partial charge in [-0.2, -0.15) is 0 Å². The van der Waals surface area contributed by atoms with Gasteiger partial charge in [0.25, 0.3) is 0 Å². The lowest BCUT2D eigenvalue weighted by Gasteiger charge is -2.11. The molecule has 1 N–H and O–H groups in total. The summed E-state index contributed by atoms with van der Waals surface area (Å²) in [5.74, 6) is 1.25. The second kappa shape index (κ2) is 8.15. The van der Waals surface area contributed by atoms with Gasteiger partial charge in [-0.15, -0.1) is 0 Å². The molecule has 5 nitrogen and oxygen atoms in total. The number of rotatable bonds is 6. The second-order valence-corrected chi connectivity index (χ2v) is 6.64. The number of ether oxygens (including phenoxy) is 1. The average Bonchev–Trinajstić information content (AvgIpc) is 3.06. The number of fused-ring (bicyclic) bond motifs is 1. The highest BCUT2D eigenvalue weighted by molar-refractivity contribution is 6.33. The van der Waals surface area contributed by atoms with Gasteiger partial charge in [-0.3, -0.25) is 4.79 Å². The molecule has 1 heterocycles. The number of hydrogen-bond donors (Lipinski definition) is 1. The summed E-state index contributed by atoms with van der Waals surface area (Å²) in [5, 5.41) is 3.35. The van der Waals surface area contributed by atoms with Crippen LogP contribution in [0.3, 0.4) is 0 Å². The van der Waals surface area contributed by atoms with Gasteiger partial charge in [-0.05, 0) is 36.4 Å². The molecule has 3 aromatic carbocycles. The summed E-state index contributed by atoms with van der Waals surface area (Å²) in [5.41, 5.74) is 2.28. The van der Waals surface area contributed by atoms with Crippen LogP contribution in [0.15, 0.2) is 78.9 Å². The van der Waals surface area contributed by atoms with Gasteiger partial charge in [0.15, 0.2) is 0 Å². The van der Waals surface area contributed by atoms with Crippen molar-refractivity contribution in [2.24, 2.45) is 0 Å². The smallest absolute Gasteiger partial charge is 0.244 e. The van der Waals surface area contributed by atoms with Crippen LogP contribution in [-0.2, 0) is 17.9 Å². The van der Waals surface area contributed by atoms with E-state index in [1.54, 1.807) is 12.1 Å². The van der Waals surface area contributed by atoms with E-state index in [2.05, 4.69) is 10.3 Å². The van der Waals surface area contributed by atoms with E-state index in [1.807, 2.05) is 71.3 Å². The van der Waals surface area contributed by atoms with Crippen LogP contribution < -0.4 is 10.1 Å². The average molecular weight is 392 g/mol. The van der Waals surface area contributed by atoms with Crippen LogP contribution in [0.2, 0.25) is 5.02 Å². The Morgan fingerprint density at radius 3 is 2.50 bits per heavy atom. The molecule has 0 aliphatic heterocycles. The van der Waals surface area contributed by atoms with Crippen LogP contribution in [0.5, 0.6) is 5.75 Å². The number of amides is 1. The van der Waals surface area contributed by atoms with Crippen LogP contribution in [0.25, 0.3) is 11.0 Å². The first-order valence-corrected chi connectivity index (χ1v) is 9.25. The molecule has 0 saturated heterocycles. The van der Waals surface area contributed by atoms with E-state index >= 15 is 0 Å². The normalized spacial score (nSPS) is 10.8. The minimum atomic E-state index is -0.183. The van der Waals surface area contributed by atoms with E-state index < -0.39 is 0 Å². The fourth-order valence-corrected chi connectivity index (χ4v) is 3.16. The van der Waals surface area contributed by atoms with Crippen molar-refractivity contribution in [1.29, 1.82) is 0 Å². The summed E-state index contributed by atoms with van der Waals surface area (Å²) in [6.07, 6.45) is 0. The van der Waals surface area contributed by atoms with E-state index in [0.29, 0.717) is 16.5 Å². The van der Waals surface area contributed by atoms with Crippen LogP contribution >= 0.6 is 11.6 Å². The number of aromatic nitrogens is 2. The molecule has 4 aromatic rings. The van der Waals surface area contributed by atoms with Crippen molar-refractivity contribution in [2.75, 3.05) is 5.32 Å². The molecule has 6 heteroatoms. The van der Waals surface area contributed by atoms with Crippen LogP contribution in [-0.4, -0.2) is 15.5 Å². The first-order valence-electron chi connectivity index (χ1n) is 8.87. The zero-order chi connectivity index (χ0) is 19.3. The summed E-state index contributed by atoms with van der Waals surface area (Å²) in [6, 6.07) is 24.4. The highest BCUT2D eigenvalue weighted by Gasteiger charge is 2.15. The Hall–Kier alpha value is -3.31. The Bertz CT molecular complexity index is 1110. The summed E-state index contributed by atoms with van der Waals surface area (Å²) in [7, 11) is 0. The van der Waals surface area contributed by atoms with E-state index in [-0.39, 0.29) is 19.1 Å². The monoisotopic (exact) mass is 391 g/mol. The summed E-state index contributed by atoms with van der Waals surface area (Å²) < 4.78 is 7.71. The molecule has 0 atom stereocenters. The number of hydrogen-bond acceptors (Lipinski definition) is 3. The molecule has 0 unspecified atom stereocenters. The zero-order valence-electron chi connectivity index (χ0n) is 15.0. The minimum Gasteiger partial charge on any atom is -0.486 e. The Balaban J connectivity index is 1.58. The lowest BCUT2D eigenvalue weighted by atomic mass is 10.3. The molecule has 0 spiro atoms. The minimum absolute atomic E-state index is 0.110. The summed E-state index contributed by atoms with van der Waals surface area (Å²) in [6.45, 7) is 0.372. The molecule has 140 valence electrons. The van der Waals surface area contributed by atoms with Gasteiger partial charge < -0.3 is 14.6 Å². The fraction of sp³-hybridized carbons (Fsp3) is 0.0909. The lowest BCUT2D eigenvalue weighted by molar-refractivity contribution is -0.116. The maximum absolute atomic E-state index is 12.6. The van der Waals surface area contributed by atoms with Gasteiger partial charge in [0.05, 0.1) is 21.7 Å². The molecule has 0 aliphatic carbocycles. The fourth-order valence-electron chi connectivity index (χ4n) is 2.97. The van der Waals surface area contributed by atoms with Gasteiger partial charge in [0.2, 0.25) is 5.91 Å². The standard InChI is InChI=1S/C22H18ClN3O2/c23-17-10-4-5-11-18(17)25-22(27)14-26-20-13-7-6-12-19(20)24-21(26)15-28-16-8-2-1-3-9-16/h1-13H,14-15H2,(H,25,27). The topological polar surface area (TPSA) is 56.2 Å². The van der Waals surface area contributed by atoms with Crippen molar-refractivity contribution in [3.8, 4) is 5.75 Å². The van der Waals surface area contributed by atoms with Crippen molar-refractivity contribution in [3.63, 3.8) is 0 Å². The van der Waals surface area contributed by atoms with Crippen molar-refractivity contribution >= 4 is 34.2 Å². The number of carbonyl (C=O) groups is 1. The number of nitrogens with one attached hydrogen (secondary N) is 1. The third kappa shape index (κ3) is 4.00. The number of benzene rings is 3. The Morgan fingerprint density at radius 1 is 0.964 bits per heavy atom. The molecule has 28 heavy (non-hydrogen) atoms.